The highest BCUT2D eigenvalue weighted by molar-refractivity contribution is 7.25. The Morgan fingerprint density at radius 2 is 0.833 bits per heavy atom. The molecular weight excluding hydrogens is 671 g/mol. The molecule has 2 aliphatic carbocycles. The number of rotatable bonds is 5. The average molecular weight is 708 g/mol. The third-order valence-corrected chi connectivity index (χ3v) is 13.6. The Hall–Kier alpha value is -6.22. The Morgan fingerprint density at radius 1 is 0.352 bits per heavy atom. The predicted octanol–water partition coefficient (Wildman–Crippen LogP) is 14.2. The molecule has 0 amide bonds. The second-order valence-corrected chi connectivity index (χ2v) is 16.2. The summed E-state index contributed by atoms with van der Waals surface area (Å²) in [6, 6.07) is 70.1. The first-order valence-corrected chi connectivity index (χ1v) is 19.7. The number of fused-ring (bicyclic) bond motifs is 9. The summed E-state index contributed by atoms with van der Waals surface area (Å²) in [5.74, 6) is 0. The molecule has 8 aromatic carbocycles. The van der Waals surface area contributed by atoms with Crippen molar-refractivity contribution in [2.75, 3.05) is 4.90 Å². The van der Waals surface area contributed by atoms with Crippen molar-refractivity contribution in [3.8, 4) is 22.3 Å². The van der Waals surface area contributed by atoms with E-state index in [1.165, 1.54) is 75.8 Å². The highest BCUT2D eigenvalue weighted by Gasteiger charge is 2.42. The Labute approximate surface area is 320 Å². The third-order valence-electron chi connectivity index (χ3n) is 12.4. The maximum absolute atomic E-state index is 2.49. The van der Waals surface area contributed by atoms with E-state index in [0.29, 0.717) is 0 Å². The zero-order chi connectivity index (χ0) is 36.0. The molecule has 11 rings (SSSR count). The van der Waals surface area contributed by atoms with Crippen LogP contribution in [0.4, 0.5) is 17.1 Å². The standard InChI is InChI=1S/C52H37NS/c1-51(34-15-5-3-6-16-34)46-23-13-10-20-40(46)44-31-36(27-30-47(44)51)53(38-26-29-43-42-21-11-14-24-49(42)54-50(43)33-38)37-25-28-41-39-19-9-12-22-45(39)52(2,48(41)32-37)35-17-7-4-8-18-35/h3-33H,1-2H3. The van der Waals surface area contributed by atoms with Crippen molar-refractivity contribution in [3.05, 3.63) is 221 Å². The van der Waals surface area contributed by atoms with Gasteiger partial charge in [0.2, 0.25) is 0 Å². The van der Waals surface area contributed by atoms with Crippen molar-refractivity contribution in [3.63, 3.8) is 0 Å². The lowest BCUT2D eigenvalue weighted by Gasteiger charge is -2.31. The number of anilines is 3. The molecule has 0 spiro atoms. The van der Waals surface area contributed by atoms with Crippen molar-refractivity contribution < 1.29 is 0 Å². The van der Waals surface area contributed by atoms with Gasteiger partial charge in [0.05, 0.1) is 0 Å². The number of hydrogen-bond donors (Lipinski definition) is 0. The van der Waals surface area contributed by atoms with Gasteiger partial charge in [-0.1, -0.05) is 146 Å². The van der Waals surface area contributed by atoms with Crippen LogP contribution in [-0.4, -0.2) is 0 Å². The number of hydrogen-bond acceptors (Lipinski definition) is 2. The van der Waals surface area contributed by atoms with Crippen LogP contribution in [0.5, 0.6) is 0 Å². The summed E-state index contributed by atoms with van der Waals surface area (Å²) in [4.78, 5) is 2.49. The monoisotopic (exact) mass is 707 g/mol. The average Bonchev–Trinajstić information content (AvgIpc) is 3.83. The molecular formula is C52H37NS. The van der Waals surface area contributed by atoms with E-state index >= 15 is 0 Å². The van der Waals surface area contributed by atoms with Crippen LogP contribution in [0, 0.1) is 0 Å². The summed E-state index contributed by atoms with van der Waals surface area (Å²) < 4.78 is 2.61. The van der Waals surface area contributed by atoms with Gasteiger partial charge >= 0.3 is 0 Å². The highest BCUT2D eigenvalue weighted by atomic mass is 32.1. The van der Waals surface area contributed by atoms with E-state index in [1.54, 1.807) is 0 Å². The van der Waals surface area contributed by atoms with Gasteiger partial charge in [0.25, 0.3) is 0 Å². The van der Waals surface area contributed by atoms with Crippen LogP contribution in [0.1, 0.15) is 47.2 Å². The molecule has 2 aliphatic rings. The molecule has 2 unspecified atom stereocenters. The molecule has 0 bridgehead atoms. The molecule has 256 valence electrons. The van der Waals surface area contributed by atoms with Crippen LogP contribution in [0.2, 0.25) is 0 Å². The topological polar surface area (TPSA) is 3.24 Å². The predicted molar refractivity (Wildman–Crippen MR) is 229 cm³/mol. The third kappa shape index (κ3) is 4.32. The van der Waals surface area contributed by atoms with Gasteiger partial charge in [-0.2, -0.15) is 0 Å². The number of nitrogens with zero attached hydrogens (tertiary/aromatic N) is 1. The van der Waals surface area contributed by atoms with Gasteiger partial charge in [0, 0.05) is 48.1 Å². The van der Waals surface area contributed by atoms with Gasteiger partial charge in [-0.3, -0.25) is 0 Å². The molecule has 0 saturated heterocycles. The van der Waals surface area contributed by atoms with Crippen LogP contribution >= 0.6 is 11.3 Å². The van der Waals surface area contributed by atoms with Crippen molar-refractivity contribution in [2.24, 2.45) is 0 Å². The first-order chi connectivity index (χ1) is 26.5. The van der Waals surface area contributed by atoms with Crippen molar-refractivity contribution >= 4 is 48.6 Å². The van der Waals surface area contributed by atoms with E-state index in [-0.39, 0.29) is 10.8 Å². The maximum Gasteiger partial charge on any atom is 0.0476 e. The van der Waals surface area contributed by atoms with E-state index in [0.717, 1.165) is 17.1 Å². The van der Waals surface area contributed by atoms with Crippen LogP contribution in [0.15, 0.2) is 188 Å². The van der Waals surface area contributed by atoms with Gasteiger partial charge in [-0.05, 0) is 112 Å². The fraction of sp³-hybridized carbons (Fsp3) is 0.0769. The van der Waals surface area contributed by atoms with Crippen molar-refractivity contribution in [2.45, 2.75) is 24.7 Å². The van der Waals surface area contributed by atoms with E-state index in [2.05, 4.69) is 207 Å². The zero-order valence-corrected chi connectivity index (χ0v) is 31.1. The van der Waals surface area contributed by atoms with E-state index < -0.39 is 0 Å². The lowest BCUT2D eigenvalue weighted by atomic mass is 9.74. The maximum atomic E-state index is 2.49. The van der Waals surface area contributed by atoms with E-state index in [9.17, 15) is 0 Å². The molecule has 0 radical (unpaired) electrons. The van der Waals surface area contributed by atoms with Crippen LogP contribution < -0.4 is 4.90 Å². The fourth-order valence-electron chi connectivity index (χ4n) is 9.71. The second kappa shape index (κ2) is 11.6. The van der Waals surface area contributed by atoms with Gasteiger partial charge in [-0.25, -0.2) is 0 Å². The van der Waals surface area contributed by atoms with Gasteiger partial charge in [0.1, 0.15) is 0 Å². The first-order valence-electron chi connectivity index (χ1n) is 18.8. The SMILES string of the molecule is CC1(c2ccccc2)c2ccccc2-c2cc(N(c3ccc4c(c3)C(C)(c3ccccc3)c3ccccc3-4)c3ccc4c(c3)sc3ccccc34)ccc21. The molecule has 0 aliphatic heterocycles. The van der Waals surface area contributed by atoms with Crippen LogP contribution in [0.3, 0.4) is 0 Å². The number of thiophene rings is 1. The lowest BCUT2D eigenvalue weighted by molar-refractivity contribution is 0.713. The second-order valence-electron chi connectivity index (χ2n) is 15.1. The summed E-state index contributed by atoms with van der Waals surface area (Å²) in [5.41, 5.74) is 16.2. The summed E-state index contributed by atoms with van der Waals surface area (Å²) in [5, 5.41) is 2.63. The van der Waals surface area contributed by atoms with Crippen LogP contribution in [0.25, 0.3) is 42.4 Å². The zero-order valence-electron chi connectivity index (χ0n) is 30.3. The van der Waals surface area contributed by atoms with Gasteiger partial charge in [-0.15, -0.1) is 11.3 Å². The molecule has 1 aromatic heterocycles. The Balaban J connectivity index is 1.15. The Bertz CT molecular complexity index is 2920. The summed E-state index contributed by atoms with van der Waals surface area (Å²) in [6.07, 6.45) is 0. The van der Waals surface area contributed by atoms with E-state index in [4.69, 9.17) is 0 Å². The molecule has 0 N–H and O–H groups in total. The molecule has 2 heteroatoms. The fourth-order valence-corrected chi connectivity index (χ4v) is 10.9. The largest absolute Gasteiger partial charge is 0.310 e. The quantitative estimate of drug-likeness (QED) is 0.172. The van der Waals surface area contributed by atoms with Gasteiger partial charge in [0.15, 0.2) is 0 Å². The minimum Gasteiger partial charge on any atom is -0.310 e. The summed E-state index contributed by atoms with van der Waals surface area (Å²) >= 11 is 1.87. The molecule has 9 aromatic rings. The summed E-state index contributed by atoms with van der Waals surface area (Å²) in [7, 11) is 0. The molecule has 2 atom stereocenters. The molecule has 0 saturated carbocycles. The van der Waals surface area contributed by atoms with Gasteiger partial charge < -0.3 is 4.90 Å². The summed E-state index contributed by atoms with van der Waals surface area (Å²) in [6.45, 7) is 4.80. The molecule has 1 nitrogen and oxygen atoms in total. The van der Waals surface area contributed by atoms with Crippen molar-refractivity contribution in [1.82, 2.24) is 0 Å². The highest BCUT2D eigenvalue weighted by Crippen LogP contribution is 2.56. The first kappa shape index (κ1) is 31.3. The minimum absolute atomic E-state index is 0.247. The smallest absolute Gasteiger partial charge is 0.0476 e. The Morgan fingerprint density at radius 3 is 1.56 bits per heavy atom. The minimum atomic E-state index is -0.293. The normalized spacial score (nSPS) is 18.0. The molecule has 0 fully saturated rings. The van der Waals surface area contributed by atoms with Crippen molar-refractivity contribution in [1.29, 1.82) is 0 Å². The Kier molecular flexibility index (Phi) is 6.75. The number of benzene rings is 8. The van der Waals surface area contributed by atoms with E-state index in [1.807, 2.05) is 11.3 Å². The lowest BCUT2D eigenvalue weighted by Crippen LogP contribution is -2.23. The molecule has 54 heavy (non-hydrogen) atoms. The molecule has 1 heterocycles. The van der Waals surface area contributed by atoms with Crippen LogP contribution in [-0.2, 0) is 10.8 Å².